The van der Waals surface area contributed by atoms with E-state index in [1.165, 1.54) is 26.7 Å². The average molecular weight is 442 g/mol. The number of hydrogen-bond acceptors (Lipinski definition) is 7. The van der Waals surface area contributed by atoms with Gasteiger partial charge in [0, 0.05) is 40.6 Å². The van der Waals surface area contributed by atoms with Gasteiger partial charge in [-0.1, -0.05) is 18.2 Å². The molecule has 0 aliphatic carbocycles. The van der Waals surface area contributed by atoms with Crippen molar-refractivity contribution in [2.45, 2.75) is 5.03 Å². The molecule has 0 bridgehead atoms. The molecule has 1 N–H and O–H groups in total. The van der Waals surface area contributed by atoms with Crippen LogP contribution in [-0.2, 0) is 11.2 Å². The van der Waals surface area contributed by atoms with E-state index in [2.05, 4.69) is 15.3 Å². The van der Waals surface area contributed by atoms with Crippen molar-refractivity contribution in [2.24, 2.45) is 0 Å². The van der Waals surface area contributed by atoms with Crippen LogP contribution in [0.15, 0.2) is 59.8 Å². The molecule has 1 unspecified atom stereocenters. The third kappa shape index (κ3) is 5.65. The van der Waals surface area contributed by atoms with Crippen LogP contribution in [0.25, 0.3) is 11.1 Å². The number of ether oxygens (including phenoxy) is 3. The number of carbonyl (C=O) groups is 1. The summed E-state index contributed by atoms with van der Waals surface area (Å²) in [5.74, 6) is 1.03. The summed E-state index contributed by atoms with van der Waals surface area (Å²) >= 11 is -1.33. The first kappa shape index (κ1) is 22.4. The van der Waals surface area contributed by atoms with E-state index in [4.69, 9.17) is 14.2 Å². The molecule has 31 heavy (non-hydrogen) atoms. The Labute approximate surface area is 183 Å². The van der Waals surface area contributed by atoms with Gasteiger partial charge < -0.3 is 24.1 Å². The first-order chi connectivity index (χ1) is 15.0. The minimum Gasteiger partial charge on any atom is -0.610 e. The number of hydrogen-bond donors (Lipinski definition) is 1. The highest BCUT2D eigenvalue weighted by Crippen LogP contribution is 2.33. The lowest BCUT2D eigenvalue weighted by molar-refractivity contribution is 0.0947. The number of benzene rings is 1. The van der Waals surface area contributed by atoms with Crippen LogP contribution in [0.4, 0.5) is 0 Å². The topological polar surface area (TPSA) is 106 Å². The summed E-state index contributed by atoms with van der Waals surface area (Å²) in [7, 11) is 2.98. The molecule has 3 aromatic rings. The lowest BCUT2D eigenvalue weighted by Gasteiger charge is -2.14. The lowest BCUT2D eigenvalue weighted by Crippen LogP contribution is -2.28. The Kier molecular flexibility index (Phi) is 7.69. The Hall–Kier alpha value is -3.30. The van der Waals surface area contributed by atoms with Crippen LogP contribution in [0.3, 0.4) is 0 Å². The van der Waals surface area contributed by atoms with Crippen LogP contribution >= 0.6 is 0 Å². The monoisotopic (exact) mass is 441 g/mol. The van der Waals surface area contributed by atoms with Crippen molar-refractivity contribution in [3.8, 4) is 28.6 Å². The SMILES string of the molecule is COc1ccc(-c2cc([S+](C)[O-])ncc2C(=O)NCCOc2ccccc2)c(OC)n1. The first-order valence-corrected chi connectivity index (χ1v) is 11.0. The second-order valence-corrected chi connectivity index (χ2v) is 7.68. The van der Waals surface area contributed by atoms with Crippen LogP contribution < -0.4 is 19.5 Å². The van der Waals surface area contributed by atoms with Gasteiger partial charge in [0.15, 0.2) is 0 Å². The van der Waals surface area contributed by atoms with Crippen molar-refractivity contribution in [1.82, 2.24) is 15.3 Å². The zero-order valence-corrected chi connectivity index (χ0v) is 18.3. The zero-order chi connectivity index (χ0) is 22.2. The predicted octanol–water partition coefficient (Wildman–Crippen LogP) is 2.71. The number of amides is 1. The Bertz CT molecular complexity index is 1030. The molecule has 0 aliphatic heterocycles. The van der Waals surface area contributed by atoms with Gasteiger partial charge in [-0.3, -0.25) is 4.79 Å². The highest BCUT2D eigenvalue weighted by atomic mass is 32.2. The molecule has 0 saturated heterocycles. The Morgan fingerprint density at radius 1 is 1.10 bits per heavy atom. The van der Waals surface area contributed by atoms with E-state index in [1.54, 1.807) is 18.2 Å². The first-order valence-electron chi connectivity index (χ1n) is 9.42. The minimum absolute atomic E-state index is 0.278. The molecule has 162 valence electrons. The summed E-state index contributed by atoms with van der Waals surface area (Å²) in [6.07, 6.45) is 2.93. The van der Waals surface area contributed by atoms with E-state index < -0.39 is 11.2 Å². The Morgan fingerprint density at radius 3 is 2.55 bits per heavy atom. The van der Waals surface area contributed by atoms with Gasteiger partial charge >= 0.3 is 0 Å². The van der Waals surface area contributed by atoms with E-state index in [1.807, 2.05) is 30.3 Å². The van der Waals surface area contributed by atoms with Crippen LogP contribution in [0.2, 0.25) is 0 Å². The number of carbonyl (C=O) groups excluding carboxylic acids is 1. The van der Waals surface area contributed by atoms with E-state index in [0.717, 1.165) is 5.75 Å². The van der Waals surface area contributed by atoms with Gasteiger partial charge in [0.1, 0.15) is 18.6 Å². The molecule has 3 rings (SSSR count). The summed E-state index contributed by atoms with van der Waals surface area (Å²) in [6, 6.07) is 14.3. The van der Waals surface area contributed by atoms with E-state index in [9.17, 15) is 9.35 Å². The quantitative estimate of drug-likeness (QED) is 0.402. The molecule has 2 heterocycles. The molecule has 0 saturated carbocycles. The highest BCUT2D eigenvalue weighted by Gasteiger charge is 2.21. The highest BCUT2D eigenvalue weighted by molar-refractivity contribution is 7.90. The smallest absolute Gasteiger partial charge is 0.253 e. The standard InChI is InChI=1S/C22H23N3O5S/c1-28-19-10-9-16(22(25-19)29-2)17-13-20(31(3)27)24-14-18(17)21(26)23-11-12-30-15-7-5-4-6-8-15/h4-10,13-14H,11-12H2,1-3H3,(H,23,26). The largest absolute Gasteiger partial charge is 0.610 e. The van der Waals surface area contributed by atoms with Crippen molar-refractivity contribution in [1.29, 1.82) is 0 Å². The molecule has 2 aromatic heterocycles. The fourth-order valence-electron chi connectivity index (χ4n) is 2.84. The van der Waals surface area contributed by atoms with Gasteiger partial charge in [-0.2, -0.15) is 4.98 Å². The molecule has 0 aliphatic rings. The van der Waals surface area contributed by atoms with Gasteiger partial charge in [0.2, 0.25) is 16.8 Å². The second-order valence-electron chi connectivity index (χ2n) is 6.35. The molecule has 1 aromatic carbocycles. The molecular formula is C22H23N3O5S. The lowest BCUT2D eigenvalue weighted by atomic mass is 10.0. The number of nitrogens with one attached hydrogen (secondary N) is 1. The summed E-state index contributed by atoms with van der Waals surface area (Å²) in [4.78, 5) is 21.3. The van der Waals surface area contributed by atoms with E-state index in [0.29, 0.717) is 40.7 Å². The summed E-state index contributed by atoms with van der Waals surface area (Å²) in [5.41, 5.74) is 1.37. The number of rotatable bonds is 9. The van der Waals surface area contributed by atoms with Gasteiger partial charge in [-0.15, -0.1) is 0 Å². The number of pyridine rings is 2. The summed E-state index contributed by atoms with van der Waals surface area (Å²) in [5, 5.41) is 3.17. The number of nitrogens with zero attached hydrogens (tertiary/aromatic N) is 2. The van der Waals surface area contributed by atoms with Crippen LogP contribution in [0.1, 0.15) is 10.4 Å². The van der Waals surface area contributed by atoms with Crippen LogP contribution in [0.5, 0.6) is 17.5 Å². The summed E-state index contributed by atoms with van der Waals surface area (Å²) in [6.45, 7) is 0.607. The third-order valence-electron chi connectivity index (χ3n) is 4.34. The Morgan fingerprint density at radius 2 is 1.87 bits per heavy atom. The normalized spacial score (nSPS) is 11.5. The van der Waals surface area contributed by atoms with Gasteiger partial charge in [-0.25, -0.2) is 4.98 Å². The second kappa shape index (κ2) is 10.6. The average Bonchev–Trinajstić information content (AvgIpc) is 2.81. The fourth-order valence-corrected chi connectivity index (χ4v) is 3.33. The number of aromatic nitrogens is 2. The zero-order valence-electron chi connectivity index (χ0n) is 17.5. The number of para-hydroxylation sites is 1. The van der Waals surface area contributed by atoms with Crippen molar-refractivity contribution < 1.29 is 23.6 Å². The minimum atomic E-state index is -1.33. The molecule has 1 atom stereocenters. The van der Waals surface area contributed by atoms with E-state index >= 15 is 0 Å². The van der Waals surface area contributed by atoms with Crippen molar-refractivity contribution >= 4 is 17.1 Å². The third-order valence-corrected chi connectivity index (χ3v) is 5.16. The Balaban J connectivity index is 1.84. The van der Waals surface area contributed by atoms with Gasteiger partial charge in [-0.05, 0) is 18.2 Å². The maximum absolute atomic E-state index is 12.9. The van der Waals surface area contributed by atoms with Gasteiger partial charge in [0.05, 0.1) is 26.3 Å². The van der Waals surface area contributed by atoms with Crippen LogP contribution in [0, 0.1) is 0 Å². The van der Waals surface area contributed by atoms with E-state index in [-0.39, 0.29) is 11.8 Å². The predicted molar refractivity (Wildman–Crippen MR) is 117 cm³/mol. The molecular weight excluding hydrogens is 418 g/mol. The molecule has 0 fully saturated rings. The van der Waals surface area contributed by atoms with Crippen molar-refractivity contribution in [2.75, 3.05) is 33.6 Å². The maximum atomic E-state index is 12.9. The fraction of sp³-hybridized carbons (Fsp3) is 0.227. The molecule has 1 amide bonds. The molecule has 0 spiro atoms. The van der Waals surface area contributed by atoms with Gasteiger partial charge in [0.25, 0.3) is 5.91 Å². The maximum Gasteiger partial charge on any atom is 0.253 e. The molecule has 8 nitrogen and oxygen atoms in total. The van der Waals surface area contributed by atoms with Crippen molar-refractivity contribution in [3.05, 3.63) is 60.3 Å². The van der Waals surface area contributed by atoms with Crippen molar-refractivity contribution in [3.63, 3.8) is 0 Å². The summed E-state index contributed by atoms with van der Waals surface area (Å²) < 4.78 is 28.1. The molecule has 9 heteroatoms. The number of methoxy groups -OCH3 is 2. The van der Waals surface area contributed by atoms with Crippen LogP contribution in [-0.4, -0.2) is 54.1 Å². The molecule has 0 radical (unpaired) electrons.